The van der Waals surface area contributed by atoms with E-state index in [1.54, 1.807) is 0 Å². The van der Waals surface area contributed by atoms with Gasteiger partial charge in [0.05, 0.1) is 12.1 Å². The van der Waals surface area contributed by atoms with Crippen molar-refractivity contribution in [3.05, 3.63) is 16.0 Å². The second kappa shape index (κ2) is 7.91. The summed E-state index contributed by atoms with van der Waals surface area (Å²) in [6.45, 7) is 0.530. The fourth-order valence-corrected chi connectivity index (χ4v) is 3.79. The van der Waals surface area contributed by atoms with E-state index >= 15 is 0 Å². The predicted octanol–water partition coefficient (Wildman–Crippen LogP) is 0.344. The van der Waals surface area contributed by atoms with Crippen molar-refractivity contribution >= 4 is 40.0 Å². The van der Waals surface area contributed by atoms with Crippen molar-refractivity contribution in [1.29, 1.82) is 0 Å². The SMILES string of the molecule is CC(=O)Nc1sc2c(c1C(=O)OCC(=O)NCC(N)=O)CCCC2. The molecular formula is C15H19N3O5S. The first-order valence-electron chi connectivity index (χ1n) is 7.52. The Balaban J connectivity index is 2.10. The molecule has 0 radical (unpaired) electrons. The summed E-state index contributed by atoms with van der Waals surface area (Å²) in [6, 6.07) is 0. The summed E-state index contributed by atoms with van der Waals surface area (Å²) < 4.78 is 5.02. The second-order valence-electron chi connectivity index (χ2n) is 5.42. The standard InChI is InChI=1S/C15H19N3O5S/c1-8(19)18-14-13(9-4-2-3-5-10(9)24-14)15(22)23-7-12(21)17-6-11(16)20/h2-7H2,1H3,(H2,16,20)(H,17,21)(H,18,19). The van der Waals surface area contributed by atoms with Gasteiger partial charge >= 0.3 is 5.97 Å². The number of fused-ring (bicyclic) bond motifs is 1. The van der Waals surface area contributed by atoms with Crippen LogP contribution in [0.3, 0.4) is 0 Å². The summed E-state index contributed by atoms with van der Waals surface area (Å²) in [5.41, 5.74) is 6.13. The molecule has 0 saturated heterocycles. The van der Waals surface area contributed by atoms with Gasteiger partial charge in [-0.25, -0.2) is 4.79 Å². The smallest absolute Gasteiger partial charge is 0.341 e. The molecule has 1 heterocycles. The summed E-state index contributed by atoms with van der Waals surface area (Å²) in [6.07, 6.45) is 3.60. The minimum Gasteiger partial charge on any atom is -0.452 e. The maximum absolute atomic E-state index is 12.4. The number of amides is 3. The normalized spacial score (nSPS) is 12.9. The summed E-state index contributed by atoms with van der Waals surface area (Å²) >= 11 is 1.37. The van der Waals surface area contributed by atoms with Crippen molar-refractivity contribution in [2.24, 2.45) is 5.73 Å². The third-order valence-electron chi connectivity index (χ3n) is 3.46. The molecule has 24 heavy (non-hydrogen) atoms. The lowest BCUT2D eigenvalue weighted by atomic mass is 9.95. The average Bonchev–Trinajstić information content (AvgIpc) is 2.87. The first kappa shape index (κ1) is 17.9. The third kappa shape index (κ3) is 4.54. The number of carbonyl (C=O) groups is 4. The molecule has 0 spiro atoms. The van der Waals surface area contributed by atoms with Crippen LogP contribution in [0.25, 0.3) is 0 Å². The first-order chi connectivity index (χ1) is 11.4. The van der Waals surface area contributed by atoms with E-state index in [0.29, 0.717) is 10.6 Å². The van der Waals surface area contributed by atoms with Crippen LogP contribution in [0.15, 0.2) is 0 Å². The maximum atomic E-state index is 12.4. The Morgan fingerprint density at radius 1 is 1.21 bits per heavy atom. The van der Waals surface area contributed by atoms with Crippen molar-refractivity contribution in [2.75, 3.05) is 18.5 Å². The number of thiophene rings is 1. The highest BCUT2D eigenvalue weighted by Crippen LogP contribution is 2.38. The minimum atomic E-state index is -0.686. The summed E-state index contributed by atoms with van der Waals surface area (Å²) in [4.78, 5) is 46.9. The molecular weight excluding hydrogens is 334 g/mol. The lowest BCUT2D eigenvalue weighted by molar-refractivity contribution is -0.127. The molecule has 0 fully saturated rings. The zero-order valence-electron chi connectivity index (χ0n) is 13.3. The molecule has 0 atom stereocenters. The van der Waals surface area contributed by atoms with Crippen LogP contribution in [0.1, 0.15) is 40.6 Å². The van der Waals surface area contributed by atoms with E-state index in [-0.39, 0.29) is 12.5 Å². The quantitative estimate of drug-likeness (QED) is 0.636. The fraction of sp³-hybridized carbons (Fsp3) is 0.467. The summed E-state index contributed by atoms with van der Waals surface area (Å²) in [5, 5.41) is 5.35. The van der Waals surface area contributed by atoms with Crippen LogP contribution < -0.4 is 16.4 Å². The molecule has 1 aliphatic carbocycles. The van der Waals surface area contributed by atoms with E-state index < -0.39 is 24.4 Å². The molecule has 0 aromatic carbocycles. The van der Waals surface area contributed by atoms with Gasteiger partial charge in [-0.15, -0.1) is 11.3 Å². The van der Waals surface area contributed by atoms with E-state index in [9.17, 15) is 19.2 Å². The van der Waals surface area contributed by atoms with Gasteiger partial charge in [-0.2, -0.15) is 0 Å². The van der Waals surface area contributed by atoms with E-state index in [4.69, 9.17) is 10.5 Å². The van der Waals surface area contributed by atoms with E-state index in [2.05, 4.69) is 10.6 Å². The molecule has 8 nitrogen and oxygen atoms in total. The van der Waals surface area contributed by atoms with Gasteiger partial charge in [0.2, 0.25) is 11.8 Å². The Hall–Kier alpha value is -2.42. The summed E-state index contributed by atoms with van der Waals surface area (Å²) in [7, 11) is 0. The van der Waals surface area contributed by atoms with Crippen LogP contribution in [0, 0.1) is 0 Å². The molecule has 130 valence electrons. The van der Waals surface area contributed by atoms with Gasteiger partial charge in [-0.05, 0) is 31.2 Å². The maximum Gasteiger partial charge on any atom is 0.341 e. The minimum absolute atomic E-state index is 0.276. The number of esters is 1. The molecule has 1 aromatic rings. The van der Waals surface area contributed by atoms with Gasteiger partial charge in [0.15, 0.2) is 6.61 Å². The van der Waals surface area contributed by atoms with Crippen molar-refractivity contribution in [3.8, 4) is 0 Å². The number of hydrogen-bond donors (Lipinski definition) is 3. The molecule has 2 rings (SSSR count). The number of aryl methyl sites for hydroxylation is 1. The topological polar surface area (TPSA) is 128 Å². The van der Waals surface area contributed by atoms with E-state index in [0.717, 1.165) is 36.1 Å². The zero-order chi connectivity index (χ0) is 17.7. The lowest BCUT2D eigenvalue weighted by Gasteiger charge is -2.12. The predicted molar refractivity (Wildman–Crippen MR) is 87.8 cm³/mol. The number of carbonyl (C=O) groups excluding carboxylic acids is 4. The molecule has 0 aliphatic heterocycles. The molecule has 4 N–H and O–H groups in total. The fourth-order valence-electron chi connectivity index (χ4n) is 2.47. The van der Waals surface area contributed by atoms with E-state index in [1.807, 2.05) is 0 Å². The Labute approximate surface area is 142 Å². The third-order valence-corrected chi connectivity index (χ3v) is 4.67. The van der Waals surface area contributed by atoms with E-state index in [1.165, 1.54) is 18.3 Å². The van der Waals surface area contributed by atoms with Crippen LogP contribution in [-0.4, -0.2) is 36.8 Å². The molecule has 1 aromatic heterocycles. The number of rotatable bonds is 6. The van der Waals surface area contributed by atoms with Crippen LogP contribution in [0.4, 0.5) is 5.00 Å². The molecule has 0 bridgehead atoms. The molecule has 0 saturated carbocycles. The Bertz CT molecular complexity index is 683. The van der Waals surface area contributed by atoms with Crippen LogP contribution in [-0.2, 0) is 32.0 Å². The number of anilines is 1. The number of ether oxygens (including phenoxy) is 1. The average molecular weight is 353 g/mol. The van der Waals surface area contributed by atoms with Crippen LogP contribution in [0.2, 0.25) is 0 Å². The Morgan fingerprint density at radius 3 is 2.58 bits per heavy atom. The van der Waals surface area contributed by atoms with Gasteiger partial charge in [0, 0.05) is 11.8 Å². The second-order valence-corrected chi connectivity index (χ2v) is 6.52. The van der Waals surface area contributed by atoms with Gasteiger partial charge in [-0.1, -0.05) is 0 Å². The first-order valence-corrected chi connectivity index (χ1v) is 8.34. The Kier molecular flexibility index (Phi) is 5.91. The van der Waals surface area contributed by atoms with Crippen molar-refractivity contribution < 1.29 is 23.9 Å². The van der Waals surface area contributed by atoms with Crippen molar-refractivity contribution in [1.82, 2.24) is 5.32 Å². The highest BCUT2D eigenvalue weighted by atomic mass is 32.1. The molecule has 0 unspecified atom stereocenters. The Morgan fingerprint density at radius 2 is 1.92 bits per heavy atom. The zero-order valence-corrected chi connectivity index (χ0v) is 14.1. The number of nitrogens with two attached hydrogens (primary N) is 1. The van der Waals surface area contributed by atoms with Gasteiger partial charge in [0.25, 0.3) is 5.91 Å². The summed E-state index contributed by atoms with van der Waals surface area (Å²) in [5.74, 6) is -2.24. The molecule has 1 aliphatic rings. The highest BCUT2D eigenvalue weighted by molar-refractivity contribution is 7.17. The monoisotopic (exact) mass is 353 g/mol. The largest absolute Gasteiger partial charge is 0.452 e. The number of primary amides is 1. The van der Waals surface area contributed by atoms with Gasteiger partial charge in [-0.3, -0.25) is 14.4 Å². The molecule has 3 amide bonds. The van der Waals surface area contributed by atoms with Crippen LogP contribution >= 0.6 is 11.3 Å². The van der Waals surface area contributed by atoms with Gasteiger partial charge in [0.1, 0.15) is 5.00 Å². The van der Waals surface area contributed by atoms with Crippen LogP contribution in [0.5, 0.6) is 0 Å². The number of nitrogens with one attached hydrogen (secondary N) is 2. The van der Waals surface area contributed by atoms with Gasteiger partial charge < -0.3 is 21.1 Å². The number of hydrogen-bond acceptors (Lipinski definition) is 6. The highest BCUT2D eigenvalue weighted by Gasteiger charge is 2.27. The lowest BCUT2D eigenvalue weighted by Crippen LogP contribution is -2.36. The van der Waals surface area contributed by atoms with Crippen molar-refractivity contribution in [3.63, 3.8) is 0 Å². The van der Waals surface area contributed by atoms with Crippen molar-refractivity contribution in [2.45, 2.75) is 32.6 Å². The molecule has 9 heteroatoms.